The van der Waals surface area contributed by atoms with Crippen LogP contribution in [-0.4, -0.2) is 6.04 Å². The van der Waals surface area contributed by atoms with Crippen molar-refractivity contribution in [3.63, 3.8) is 0 Å². The maximum absolute atomic E-state index is 5.91. The Morgan fingerprint density at radius 3 is 2.83 bits per heavy atom. The number of hydrogen-bond acceptors (Lipinski definition) is 1. The Hall–Kier alpha value is -0.300. The van der Waals surface area contributed by atoms with E-state index >= 15 is 0 Å². The van der Waals surface area contributed by atoms with Gasteiger partial charge in [-0.05, 0) is 31.6 Å². The molecule has 2 unspecified atom stereocenters. The summed E-state index contributed by atoms with van der Waals surface area (Å²) in [6, 6.07) is 0.466. The van der Waals surface area contributed by atoms with E-state index in [0.717, 1.165) is 12.3 Å². The van der Waals surface area contributed by atoms with Gasteiger partial charge in [0, 0.05) is 6.04 Å². The zero-order chi connectivity index (χ0) is 8.97. The fourth-order valence-electron chi connectivity index (χ4n) is 2.07. The first-order valence-electron chi connectivity index (χ1n) is 5.14. The largest absolute Gasteiger partial charge is 0.328 e. The summed E-state index contributed by atoms with van der Waals surface area (Å²) in [4.78, 5) is 0. The molecule has 2 atom stereocenters. The first kappa shape index (κ1) is 9.79. The first-order chi connectivity index (χ1) is 5.72. The molecule has 0 aliphatic heterocycles. The summed E-state index contributed by atoms with van der Waals surface area (Å²) >= 11 is 0. The molecule has 12 heavy (non-hydrogen) atoms. The van der Waals surface area contributed by atoms with Crippen LogP contribution in [0.4, 0.5) is 0 Å². The van der Waals surface area contributed by atoms with Gasteiger partial charge in [-0.25, -0.2) is 0 Å². The van der Waals surface area contributed by atoms with Crippen molar-refractivity contribution in [1.82, 2.24) is 0 Å². The molecule has 1 aliphatic carbocycles. The van der Waals surface area contributed by atoms with Gasteiger partial charge in [-0.2, -0.15) is 0 Å². The molecule has 1 saturated carbocycles. The number of nitrogens with two attached hydrogens (primary N) is 1. The monoisotopic (exact) mass is 167 g/mol. The van der Waals surface area contributed by atoms with Gasteiger partial charge in [0.15, 0.2) is 0 Å². The first-order valence-corrected chi connectivity index (χ1v) is 5.14. The Morgan fingerprint density at radius 1 is 1.50 bits per heavy atom. The van der Waals surface area contributed by atoms with E-state index in [2.05, 4.69) is 13.5 Å². The highest BCUT2D eigenvalue weighted by atomic mass is 14.6. The highest BCUT2D eigenvalue weighted by Crippen LogP contribution is 2.28. The van der Waals surface area contributed by atoms with Gasteiger partial charge in [-0.1, -0.05) is 31.9 Å². The second-order valence-electron chi connectivity index (χ2n) is 4.10. The highest BCUT2D eigenvalue weighted by molar-refractivity contribution is 4.95. The zero-order valence-corrected chi connectivity index (χ0v) is 8.18. The average Bonchev–Trinajstić information content (AvgIpc) is 2.04. The van der Waals surface area contributed by atoms with Gasteiger partial charge >= 0.3 is 0 Å². The SMILES string of the molecule is C=C(CC)CC1CCCC(N)C1. The fourth-order valence-corrected chi connectivity index (χ4v) is 2.07. The Morgan fingerprint density at radius 2 is 2.25 bits per heavy atom. The summed E-state index contributed by atoms with van der Waals surface area (Å²) in [5.74, 6) is 0.834. The van der Waals surface area contributed by atoms with Crippen LogP contribution >= 0.6 is 0 Å². The lowest BCUT2D eigenvalue weighted by Gasteiger charge is -2.26. The van der Waals surface area contributed by atoms with Crippen molar-refractivity contribution in [2.45, 2.75) is 51.5 Å². The molecule has 0 heterocycles. The van der Waals surface area contributed by atoms with E-state index in [-0.39, 0.29) is 0 Å². The van der Waals surface area contributed by atoms with Crippen LogP contribution in [0.15, 0.2) is 12.2 Å². The third-order valence-corrected chi connectivity index (χ3v) is 2.90. The number of rotatable bonds is 3. The van der Waals surface area contributed by atoms with Gasteiger partial charge in [0.2, 0.25) is 0 Å². The van der Waals surface area contributed by atoms with E-state index in [1.807, 2.05) is 0 Å². The molecule has 1 heteroatoms. The van der Waals surface area contributed by atoms with E-state index in [9.17, 15) is 0 Å². The van der Waals surface area contributed by atoms with E-state index in [1.165, 1.54) is 37.7 Å². The molecule has 1 nitrogen and oxygen atoms in total. The van der Waals surface area contributed by atoms with Gasteiger partial charge in [0.05, 0.1) is 0 Å². The summed E-state index contributed by atoms with van der Waals surface area (Å²) in [7, 11) is 0. The predicted molar refractivity (Wildman–Crippen MR) is 54.0 cm³/mol. The van der Waals surface area contributed by atoms with Crippen molar-refractivity contribution in [2.75, 3.05) is 0 Å². The van der Waals surface area contributed by atoms with Crippen molar-refractivity contribution in [1.29, 1.82) is 0 Å². The predicted octanol–water partition coefficient (Wildman–Crippen LogP) is 2.86. The van der Waals surface area contributed by atoms with Crippen molar-refractivity contribution in [3.05, 3.63) is 12.2 Å². The molecule has 0 aromatic heterocycles. The molecule has 2 N–H and O–H groups in total. The second kappa shape index (κ2) is 4.66. The fraction of sp³-hybridized carbons (Fsp3) is 0.818. The Kier molecular flexibility index (Phi) is 3.80. The van der Waals surface area contributed by atoms with E-state index < -0.39 is 0 Å². The lowest BCUT2D eigenvalue weighted by Crippen LogP contribution is -2.27. The van der Waals surface area contributed by atoms with E-state index in [0.29, 0.717) is 6.04 Å². The third-order valence-electron chi connectivity index (χ3n) is 2.90. The number of allylic oxidation sites excluding steroid dienone is 1. The standard InChI is InChI=1S/C11H21N/c1-3-9(2)7-10-5-4-6-11(12)8-10/h10-11H,2-8,12H2,1H3. The van der Waals surface area contributed by atoms with Gasteiger partial charge in [0.25, 0.3) is 0 Å². The molecule has 0 bridgehead atoms. The smallest absolute Gasteiger partial charge is 0.00415 e. The molecule has 0 radical (unpaired) electrons. The van der Waals surface area contributed by atoms with Crippen LogP contribution in [0.5, 0.6) is 0 Å². The van der Waals surface area contributed by atoms with Crippen molar-refractivity contribution < 1.29 is 0 Å². The van der Waals surface area contributed by atoms with Crippen LogP contribution in [0.25, 0.3) is 0 Å². The lowest BCUT2D eigenvalue weighted by molar-refractivity contribution is 0.319. The third kappa shape index (κ3) is 2.98. The highest BCUT2D eigenvalue weighted by Gasteiger charge is 2.18. The molecule has 1 rings (SSSR count). The quantitative estimate of drug-likeness (QED) is 0.643. The Balaban J connectivity index is 2.27. The molecule has 0 amide bonds. The maximum atomic E-state index is 5.91. The van der Waals surface area contributed by atoms with E-state index in [4.69, 9.17) is 5.73 Å². The van der Waals surface area contributed by atoms with Crippen LogP contribution in [0, 0.1) is 5.92 Å². The van der Waals surface area contributed by atoms with Crippen LogP contribution in [0.2, 0.25) is 0 Å². The number of hydrogen-bond donors (Lipinski definition) is 1. The average molecular weight is 167 g/mol. The molecular formula is C11H21N. The minimum absolute atomic E-state index is 0.466. The molecule has 1 fully saturated rings. The lowest BCUT2D eigenvalue weighted by atomic mass is 9.82. The molecule has 0 aromatic rings. The van der Waals surface area contributed by atoms with Crippen LogP contribution < -0.4 is 5.73 Å². The van der Waals surface area contributed by atoms with Crippen molar-refractivity contribution in [2.24, 2.45) is 11.7 Å². The molecule has 0 saturated heterocycles. The van der Waals surface area contributed by atoms with E-state index in [1.54, 1.807) is 0 Å². The molecule has 0 spiro atoms. The summed E-state index contributed by atoms with van der Waals surface area (Å²) in [5.41, 5.74) is 7.31. The molecular weight excluding hydrogens is 146 g/mol. The minimum atomic E-state index is 0.466. The molecule has 70 valence electrons. The molecule has 0 aromatic carbocycles. The van der Waals surface area contributed by atoms with Gasteiger partial charge < -0.3 is 5.73 Å². The second-order valence-corrected chi connectivity index (χ2v) is 4.10. The van der Waals surface area contributed by atoms with Gasteiger partial charge in [0.1, 0.15) is 0 Å². The maximum Gasteiger partial charge on any atom is 0.00415 e. The summed E-state index contributed by atoms with van der Waals surface area (Å²) in [5, 5.41) is 0. The van der Waals surface area contributed by atoms with Gasteiger partial charge in [-0.3, -0.25) is 0 Å². The van der Waals surface area contributed by atoms with Crippen LogP contribution in [0.1, 0.15) is 45.4 Å². The normalized spacial score (nSPS) is 30.2. The van der Waals surface area contributed by atoms with Crippen molar-refractivity contribution in [3.8, 4) is 0 Å². The summed E-state index contributed by atoms with van der Waals surface area (Å²) in [6.45, 7) is 6.24. The van der Waals surface area contributed by atoms with Crippen molar-refractivity contribution >= 4 is 0 Å². The Bertz CT molecular complexity index is 151. The molecule has 1 aliphatic rings. The Labute approximate surface area is 76.0 Å². The zero-order valence-electron chi connectivity index (χ0n) is 8.18. The van der Waals surface area contributed by atoms with Gasteiger partial charge in [-0.15, -0.1) is 0 Å². The van der Waals surface area contributed by atoms with Crippen LogP contribution in [-0.2, 0) is 0 Å². The van der Waals surface area contributed by atoms with Crippen LogP contribution in [0.3, 0.4) is 0 Å². The summed E-state index contributed by atoms with van der Waals surface area (Å²) < 4.78 is 0. The minimum Gasteiger partial charge on any atom is -0.328 e. The topological polar surface area (TPSA) is 26.0 Å². The summed E-state index contributed by atoms with van der Waals surface area (Å²) in [6.07, 6.45) is 7.49.